The van der Waals surface area contributed by atoms with E-state index in [9.17, 15) is 0 Å². The molecule has 0 saturated carbocycles. The van der Waals surface area contributed by atoms with Crippen LogP contribution in [0.3, 0.4) is 0 Å². The van der Waals surface area contributed by atoms with E-state index in [0.29, 0.717) is 13.5 Å². The topological polar surface area (TPSA) is 82.2 Å². The van der Waals surface area contributed by atoms with Crippen LogP contribution in [-0.2, 0) is 18.2 Å². The fourth-order valence-corrected chi connectivity index (χ4v) is 1.72. The Bertz CT molecular complexity index is 626. The summed E-state index contributed by atoms with van der Waals surface area (Å²) in [5.74, 6) is 0. The Morgan fingerprint density at radius 1 is 0.905 bits per heavy atom. The average Bonchev–Trinajstić information content (AvgIpc) is 2.50. The van der Waals surface area contributed by atoms with E-state index in [2.05, 4.69) is 10.3 Å². The lowest BCUT2D eigenvalue weighted by atomic mass is 10.3. The molecule has 0 aliphatic carbocycles. The van der Waals surface area contributed by atoms with Crippen LogP contribution in [0.25, 0.3) is 0 Å². The van der Waals surface area contributed by atoms with Crippen LogP contribution in [0.1, 0.15) is 11.1 Å². The van der Waals surface area contributed by atoms with Crippen LogP contribution in [-0.4, -0.2) is 22.8 Å². The second-order valence-corrected chi connectivity index (χ2v) is 4.25. The van der Waals surface area contributed by atoms with Crippen molar-refractivity contribution in [1.29, 1.82) is 0 Å². The first-order valence-corrected chi connectivity index (χ1v) is 6.22. The minimum atomic E-state index is 0.375. The second-order valence-electron chi connectivity index (χ2n) is 4.25. The van der Waals surface area contributed by atoms with Crippen molar-refractivity contribution in [2.24, 2.45) is 10.3 Å². The molecule has 0 aliphatic heterocycles. The molecule has 0 radical (unpaired) electrons. The van der Waals surface area contributed by atoms with Gasteiger partial charge in [0.05, 0.1) is 18.0 Å². The number of rotatable bonds is 6. The lowest BCUT2D eigenvalue weighted by Crippen LogP contribution is -2.40. The van der Waals surface area contributed by atoms with E-state index in [1.807, 2.05) is 58.2 Å². The summed E-state index contributed by atoms with van der Waals surface area (Å²) < 4.78 is 9.27. The summed E-state index contributed by atoms with van der Waals surface area (Å²) in [5, 5.41) is 22.9. The first-order valence-electron chi connectivity index (χ1n) is 6.22. The molecule has 7 nitrogen and oxygen atoms in total. The Hall–Kier alpha value is -2.80. The van der Waals surface area contributed by atoms with Crippen LogP contribution in [0.2, 0.25) is 0 Å². The van der Waals surface area contributed by atoms with Crippen LogP contribution in [0.4, 0.5) is 0 Å². The SMILES string of the molecule is ON=Cc1cc[n+](COC[n+]2cccc(C=NO)c2)cc1. The Kier molecular flexibility index (Phi) is 5.36. The van der Waals surface area contributed by atoms with Gasteiger partial charge in [-0.15, -0.1) is 0 Å². The average molecular weight is 288 g/mol. The number of aromatic nitrogens is 2. The zero-order chi connectivity index (χ0) is 14.9. The summed E-state index contributed by atoms with van der Waals surface area (Å²) in [6, 6.07) is 7.30. The van der Waals surface area contributed by atoms with Crippen molar-refractivity contribution < 1.29 is 24.3 Å². The lowest BCUT2D eigenvalue weighted by Gasteiger charge is -1.99. The van der Waals surface area contributed by atoms with E-state index in [0.717, 1.165) is 11.1 Å². The van der Waals surface area contributed by atoms with Crippen molar-refractivity contribution in [1.82, 2.24) is 0 Å². The quantitative estimate of drug-likeness (QED) is 0.352. The van der Waals surface area contributed by atoms with Gasteiger partial charge in [0.2, 0.25) is 0 Å². The molecule has 108 valence electrons. The molecule has 2 N–H and O–H groups in total. The number of nitrogens with zero attached hydrogens (tertiary/aromatic N) is 4. The highest BCUT2D eigenvalue weighted by Gasteiger charge is 2.05. The van der Waals surface area contributed by atoms with Gasteiger partial charge in [0, 0.05) is 23.8 Å². The molecule has 2 aromatic rings. The van der Waals surface area contributed by atoms with Crippen LogP contribution in [0.15, 0.2) is 59.4 Å². The normalized spacial score (nSPS) is 11.4. The van der Waals surface area contributed by atoms with E-state index in [1.165, 1.54) is 12.4 Å². The Labute approximate surface area is 121 Å². The van der Waals surface area contributed by atoms with Crippen molar-refractivity contribution in [3.63, 3.8) is 0 Å². The molecule has 0 fully saturated rings. The third-order valence-electron chi connectivity index (χ3n) is 2.69. The van der Waals surface area contributed by atoms with Gasteiger partial charge < -0.3 is 10.4 Å². The predicted molar refractivity (Wildman–Crippen MR) is 73.1 cm³/mol. The fraction of sp³-hybridized carbons (Fsp3) is 0.143. The van der Waals surface area contributed by atoms with E-state index < -0.39 is 0 Å². The molecule has 2 aromatic heterocycles. The predicted octanol–water partition coefficient (Wildman–Crippen LogP) is 0.510. The lowest BCUT2D eigenvalue weighted by molar-refractivity contribution is -0.788. The third-order valence-corrected chi connectivity index (χ3v) is 2.69. The number of hydrogen-bond acceptors (Lipinski definition) is 5. The molecule has 0 atom stereocenters. The van der Waals surface area contributed by atoms with Gasteiger partial charge in [0.1, 0.15) is 0 Å². The smallest absolute Gasteiger partial charge is 0.257 e. The number of hydrogen-bond donors (Lipinski definition) is 2. The molecule has 0 aromatic carbocycles. The van der Waals surface area contributed by atoms with Gasteiger partial charge in [0.25, 0.3) is 13.5 Å². The van der Waals surface area contributed by atoms with Crippen LogP contribution < -0.4 is 9.13 Å². The van der Waals surface area contributed by atoms with Crippen LogP contribution in [0, 0.1) is 0 Å². The fourth-order valence-electron chi connectivity index (χ4n) is 1.72. The highest BCUT2D eigenvalue weighted by molar-refractivity contribution is 5.78. The van der Waals surface area contributed by atoms with Crippen LogP contribution >= 0.6 is 0 Å². The van der Waals surface area contributed by atoms with E-state index >= 15 is 0 Å². The maximum atomic E-state index is 8.50. The van der Waals surface area contributed by atoms with Crippen molar-refractivity contribution in [2.75, 3.05) is 0 Å². The number of ether oxygens (including phenoxy) is 1. The van der Waals surface area contributed by atoms with E-state index in [-0.39, 0.29) is 0 Å². The molecule has 21 heavy (non-hydrogen) atoms. The van der Waals surface area contributed by atoms with Gasteiger partial charge >= 0.3 is 0 Å². The third kappa shape index (κ3) is 4.66. The van der Waals surface area contributed by atoms with Gasteiger partial charge in [-0.25, -0.2) is 0 Å². The second kappa shape index (κ2) is 7.71. The Morgan fingerprint density at radius 3 is 2.29 bits per heavy atom. The van der Waals surface area contributed by atoms with E-state index in [1.54, 1.807) is 0 Å². The van der Waals surface area contributed by atoms with Gasteiger partial charge in [-0.3, -0.25) is 4.74 Å². The molecule has 0 amide bonds. The van der Waals surface area contributed by atoms with Crippen molar-refractivity contribution >= 4 is 12.4 Å². The van der Waals surface area contributed by atoms with Crippen LogP contribution in [0.5, 0.6) is 0 Å². The van der Waals surface area contributed by atoms with Gasteiger partial charge in [-0.1, -0.05) is 10.3 Å². The first-order chi connectivity index (χ1) is 10.3. The highest BCUT2D eigenvalue weighted by atomic mass is 16.5. The Balaban J connectivity index is 1.87. The number of pyridine rings is 2. The monoisotopic (exact) mass is 288 g/mol. The molecule has 2 rings (SSSR count). The standard InChI is InChI=1S/C14H14N4O3/c19-15-8-13-3-6-17(7-4-13)11-21-12-18-5-1-2-14(10-18)9-16-20/h1-10H,11-12H2/p+2. The molecule has 7 heteroatoms. The minimum absolute atomic E-state index is 0.375. The molecule has 2 heterocycles. The summed E-state index contributed by atoms with van der Waals surface area (Å²) >= 11 is 0. The molecule has 0 unspecified atom stereocenters. The summed E-state index contributed by atoms with van der Waals surface area (Å²) in [7, 11) is 0. The van der Waals surface area contributed by atoms with Crippen molar-refractivity contribution in [3.8, 4) is 0 Å². The van der Waals surface area contributed by atoms with Crippen molar-refractivity contribution in [2.45, 2.75) is 13.5 Å². The molecule has 0 bridgehead atoms. The number of oxime groups is 2. The summed E-state index contributed by atoms with van der Waals surface area (Å²) in [4.78, 5) is 0. The molecular formula is C14H16N4O3+2. The zero-order valence-corrected chi connectivity index (χ0v) is 11.3. The Morgan fingerprint density at radius 2 is 1.57 bits per heavy atom. The first kappa shape index (κ1) is 14.6. The van der Waals surface area contributed by atoms with Gasteiger partial charge in [-0.05, 0) is 6.07 Å². The molecule has 0 aliphatic rings. The summed E-state index contributed by atoms with van der Waals surface area (Å²) in [6.45, 7) is 0.766. The van der Waals surface area contributed by atoms with Gasteiger partial charge in [0.15, 0.2) is 24.8 Å². The largest absolute Gasteiger partial charge is 0.411 e. The maximum Gasteiger partial charge on any atom is 0.257 e. The molecular weight excluding hydrogens is 272 g/mol. The summed E-state index contributed by atoms with van der Waals surface area (Å²) in [6.07, 6.45) is 10.0. The zero-order valence-electron chi connectivity index (χ0n) is 11.3. The maximum absolute atomic E-state index is 8.50. The molecule has 0 spiro atoms. The highest BCUT2D eigenvalue weighted by Crippen LogP contribution is 1.91. The minimum Gasteiger partial charge on any atom is -0.411 e. The molecule has 0 saturated heterocycles. The van der Waals surface area contributed by atoms with Gasteiger partial charge in [-0.2, -0.15) is 9.13 Å². The van der Waals surface area contributed by atoms with Crippen molar-refractivity contribution in [3.05, 3.63) is 60.2 Å². The summed E-state index contributed by atoms with van der Waals surface area (Å²) in [5.41, 5.74) is 1.59. The van der Waals surface area contributed by atoms with E-state index in [4.69, 9.17) is 15.2 Å².